The van der Waals surface area contributed by atoms with Crippen LogP contribution in [-0.2, 0) is 11.3 Å². The number of nitrogens with two attached hydrogens (primary N) is 1. The minimum atomic E-state index is -0.815. The van der Waals surface area contributed by atoms with Gasteiger partial charge in [-0.2, -0.15) is 0 Å². The molecule has 2 aromatic rings. The fraction of sp³-hybridized carbons (Fsp3) is 0.300. The Morgan fingerprint density at radius 3 is 2.79 bits per heavy atom. The molecule has 0 spiro atoms. The molecule has 152 valence electrons. The number of carbonyl (C=O) groups excluding carboxylic acids is 2. The van der Waals surface area contributed by atoms with Crippen LogP contribution in [-0.4, -0.2) is 34.2 Å². The molecule has 29 heavy (non-hydrogen) atoms. The molecule has 1 fully saturated rings. The summed E-state index contributed by atoms with van der Waals surface area (Å²) in [6.45, 7) is 2.55. The van der Waals surface area contributed by atoms with Gasteiger partial charge in [0.25, 0.3) is 11.6 Å². The van der Waals surface area contributed by atoms with Crippen molar-refractivity contribution in [3.63, 3.8) is 0 Å². The molecule has 1 saturated heterocycles. The SMILES string of the molecule is Cc1c(F)cc(C(=O)Nc2cccc(CN3CCCC3C(N)=O)c2)cc1[N+](=O)[O-]. The van der Waals surface area contributed by atoms with Crippen LogP contribution in [0.4, 0.5) is 15.8 Å². The molecule has 3 rings (SSSR count). The molecule has 3 N–H and O–H groups in total. The number of benzene rings is 2. The number of amides is 2. The van der Waals surface area contributed by atoms with E-state index in [1.165, 1.54) is 6.92 Å². The van der Waals surface area contributed by atoms with Gasteiger partial charge in [0.2, 0.25) is 5.91 Å². The molecule has 0 aromatic heterocycles. The smallest absolute Gasteiger partial charge is 0.276 e. The number of rotatable bonds is 6. The highest BCUT2D eigenvalue weighted by Crippen LogP contribution is 2.24. The average molecular weight is 400 g/mol. The van der Waals surface area contributed by atoms with Gasteiger partial charge in [-0.3, -0.25) is 24.6 Å². The highest BCUT2D eigenvalue weighted by atomic mass is 19.1. The molecule has 1 heterocycles. The van der Waals surface area contributed by atoms with Crippen molar-refractivity contribution in [2.75, 3.05) is 11.9 Å². The maximum atomic E-state index is 14.0. The Morgan fingerprint density at radius 1 is 1.34 bits per heavy atom. The van der Waals surface area contributed by atoms with Crippen LogP contribution in [0.25, 0.3) is 0 Å². The van der Waals surface area contributed by atoms with E-state index in [1.807, 2.05) is 11.0 Å². The van der Waals surface area contributed by atoms with Gasteiger partial charge in [0.15, 0.2) is 0 Å². The first-order valence-electron chi connectivity index (χ1n) is 9.14. The van der Waals surface area contributed by atoms with Crippen LogP contribution in [0.15, 0.2) is 36.4 Å². The van der Waals surface area contributed by atoms with Crippen LogP contribution >= 0.6 is 0 Å². The third kappa shape index (κ3) is 4.57. The predicted octanol–water partition coefficient (Wildman–Crippen LogP) is 2.74. The Bertz CT molecular complexity index is 979. The summed E-state index contributed by atoms with van der Waals surface area (Å²) in [5.74, 6) is -1.82. The van der Waals surface area contributed by atoms with Gasteiger partial charge in [-0.1, -0.05) is 12.1 Å². The van der Waals surface area contributed by atoms with Crippen molar-refractivity contribution < 1.29 is 18.9 Å². The van der Waals surface area contributed by atoms with Gasteiger partial charge in [0.1, 0.15) is 5.82 Å². The second kappa shape index (κ2) is 8.36. The zero-order chi connectivity index (χ0) is 21.1. The number of primary amides is 1. The van der Waals surface area contributed by atoms with E-state index in [-0.39, 0.29) is 23.1 Å². The Balaban J connectivity index is 1.76. The fourth-order valence-corrected chi connectivity index (χ4v) is 3.51. The summed E-state index contributed by atoms with van der Waals surface area (Å²) in [6, 6.07) is 8.75. The topological polar surface area (TPSA) is 119 Å². The minimum absolute atomic E-state index is 0.122. The van der Waals surface area contributed by atoms with Crippen molar-refractivity contribution in [2.45, 2.75) is 32.4 Å². The summed E-state index contributed by atoms with van der Waals surface area (Å²) < 4.78 is 14.0. The Labute approximate surface area is 166 Å². The third-order valence-electron chi connectivity index (χ3n) is 5.04. The number of nitrogens with zero attached hydrogens (tertiary/aromatic N) is 2. The zero-order valence-electron chi connectivity index (χ0n) is 15.9. The van der Waals surface area contributed by atoms with E-state index < -0.39 is 22.3 Å². The van der Waals surface area contributed by atoms with Crippen LogP contribution in [0.1, 0.15) is 34.3 Å². The number of nitro groups is 1. The lowest BCUT2D eigenvalue weighted by Crippen LogP contribution is -2.39. The van der Waals surface area contributed by atoms with Crippen LogP contribution in [0.3, 0.4) is 0 Å². The molecule has 1 unspecified atom stereocenters. The molecular formula is C20H21FN4O4. The Kier molecular flexibility index (Phi) is 5.88. The molecule has 1 aliphatic heterocycles. The first-order chi connectivity index (χ1) is 13.8. The molecule has 0 saturated carbocycles. The summed E-state index contributed by atoms with van der Waals surface area (Å²) in [5, 5.41) is 13.7. The summed E-state index contributed by atoms with van der Waals surface area (Å²) in [4.78, 5) is 36.3. The number of nitrogens with one attached hydrogen (secondary N) is 1. The standard InChI is InChI=1S/C20H21FN4O4/c1-12-16(21)9-14(10-18(12)25(28)29)20(27)23-15-5-2-4-13(8-15)11-24-7-3-6-17(24)19(22)26/h2,4-5,8-10,17H,3,6-7,11H2,1H3,(H2,22,26)(H,23,27). The van der Waals surface area contributed by atoms with E-state index in [0.29, 0.717) is 12.2 Å². The monoisotopic (exact) mass is 400 g/mol. The van der Waals surface area contributed by atoms with Crippen LogP contribution < -0.4 is 11.1 Å². The van der Waals surface area contributed by atoms with Crippen LogP contribution in [0.2, 0.25) is 0 Å². The summed E-state index contributed by atoms with van der Waals surface area (Å²) in [6.07, 6.45) is 1.62. The lowest BCUT2D eigenvalue weighted by atomic mass is 10.1. The molecule has 9 heteroatoms. The largest absolute Gasteiger partial charge is 0.368 e. The maximum absolute atomic E-state index is 14.0. The van der Waals surface area contributed by atoms with E-state index in [0.717, 1.165) is 37.1 Å². The van der Waals surface area contributed by atoms with Crippen molar-refractivity contribution >= 4 is 23.2 Å². The maximum Gasteiger partial charge on any atom is 0.276 e. The fourth-order valence-electron chi connectivity index (χ4n) is 3.51. The molecule has 1 aliphatic rings. The number of anilines is 1. The lowest BCUT2D eigenvalue weighted by Gasteiger charge is -2.22. The molecule has 0 radical (unpaired) electrons. The van der Waals surface area contributed by atoms with E-state index >= 15 is 0 Å². The quantitative estimate of drug-likeness (QED) is 0.571. The summed E-state index contributed by atoms with van der Waals surface area (Å²) in [5.41, 5.74) is 6.07. The molecule has 0 bridgehead atoms. The highest BCUT2D eigenvalue weighted by molar-refractivity contribution is 6.04. The normalized spacial score (nSPS) is 16.6. The van der Waals surface area contributed by atoms with E-state index in [4.69, 9.17) is 5.73 Å². The van der Waals surface area contributed by atoms with Crippen molar-refractivity contribution in [2.24, 2.45) is 5.73 Å². The van der Waals surface area contributed by atoms with Gasteiger partial charge in [-0.15, -0.1) is 0 Å². The first-order valence-corrected chi connectivity index (χ1v) is 9.14. The number of hydrogen-bond donors (Lipinski definition) is 2. The van der Waals surface area contributed by atoms with Crippen molar-refractivity contribution in [1.29, 1.82) is 0 Å². The molecule has 8 nitrogen and oxygen atoms in total. The van der Waals surface area contributed by atoms with Gasteiger partial charge in [-0.05, 0) is 50.1 Å². The van der Waals surface area contributed by atoms with Crippen LogP contribution in [0.5, 0.6) is 0 Å². The van der Waals surface area contributed by atoms with Gasteiger partial charge >= 0.3 is 0 Å². The van der Waals surface area contributed by atoms with Gasteiger partial charge in [-0.25, -0.2) is 4.39 Å². The summed E-state index contributed by atoms with van der Waals surface area (Å²) in [7, 11) is 0. The van der Waals surface area contributed by atoms with Crippen LogP contribution in [0, 0.1) is 22.9 Å². The molecule has 0 aliphatic carbocycles. The average Bonchev–Trinajstić information content (AvgIpc) is 3.12. The Morgan fingerprint density at radius 2 is 2.10 bits per heavy atom. The zero-order valence-corrected chi connectivity index (χ0v) is 15.9. The predicted molar refractivity (Wildman–Crippen MR) is 105 cm³/mol. The summed E-state index contributed by atoms with van der Waals surface area (Å²) >= 11 is 0. The number of hydrogen-bond acceptors (Lipinski definition) is 5. The van der Waals surface area contributed by atoms with Crippen molar-refractivity contribution in [3.05, 3.63) is 69.0 Å². The van der Waals surface area contributed by atoms with E-state index in [2.05, 4.69) is 5.32 Å². The Hall–Kier alpha value is -3.33. The van der Waals surface area contributed by atoms with E-state index in [9.17, 15) is 24.1 Å². The second-order valence-electron chi connectivity index (χ2n) is 7.04. The first kappa shape index (κ1) is 20.4. The van der Waals surface area contributed by atoms with Gasteiger partial charge < -0.3 is 11.1 Å². The molecular weight excluding hydrogens is 379 g/mol. The van der Waals surface area contributed by atoms with Gasteiger partial charge in [0.05, 0.1) is 16.5 Å². The molecule has 2 aromatic carbocycles. The second-order valence-corrected chi connectivity index (χ2v) is 7.04. The minimum Gasteiger partial charge on any atom is -0.368 e. The van der Waals surface area contributed by atoms with Gasteiger partial charge in [0, 0.05) is 23.9 Å². The number of nitro benzene ring substituents is 1. The molecule has 1 atom stereocenters. The number of likely N-dealkylation sites (tertiary alicyclic amines) is 1. The van der Waals surface area contributed by atoms with E-state index in [1.54, 1.807) is 18.2 Å². The highest BCUT2D eigenvalue weighted by Gasteiger charge is 2.28. The third-order valence-corrected chi connectivity index (χ3v) is 5.04. The lowest BCUT2D eigenvalue weighted by molar-refractivity contribution is -0.385. The molecule has 2 amide bonds. The number of carbonyl (C=O) groups is 2. The van der Waals surface area contributed by atoms with Crippen molar-refractivity contribution in [3.8, 4) is 0 Å². The number of halogens is 1. The van der Waals surface area contributed by atoms with Crippen molar-refractivity contribution in [1.82, 2.24) is 4.90 Å².